The zero-order valence-electron chi connectivity index (χ0n) is 44.8. The molecule has 0 N–H and O–H groups in total. The first-order valence-corrected chi connectivity index (χ1v) is 29.2. The summed E-state index contributed by atoms with van der Waals surface area (Å²) in [5.41, 5.74) is 0. The number of ether oxygens (including phenoxy) is 3. The SMILES string of the molecule is CCC(C)CCCCCCCCCCCCCCCCCCCCC(=O)OC[C@@H](COC(=O)CCCCCCCCCCCCC(C)CC)OC(=O)CCCCCCCCCCC(C)C. The smallest absolute Gasteiger partial charge is 0.306 e. The van der Waals surface area contributed by atoms with E-state index in [0.29, 0.717) is 19.3 Å². The number of carbonyl (C=O) groups is 3. The summed E-state index contributed by atoms with van der Waals surface area (Å²) < 4.78 is 16.9. The van der Waals surface area contributed by atoms with E-state index in [4.69, 9.17) is 14.2 Å². The maximum atomic E-state index is 12.8. The highest BCUT2D eigenvalue weighted by Crippen LogP contribution is 2.19. The van der Waals surface area contributed by atoms with E-state index in [1.54, 1.807) is 0 Å². The summed E-state index contributed by atoms with van der Waals surface area (Å²) in [4.78, 5) is 38.1. The van der Waals surface area contributed by atoms with Gasteiger partial charge in [0.05, 0.1) is 0 Å². The molecule has 6 heteroatoms. The van der Waals surface area contributed by atoms with Crippen molar-refractivity contribution in [1.82, 2.24) is 0 Å². The van der Waals surface area contributed by atoms with Gasteiger partial charge in [0.15, 0.2) is 6.10 Å². The van der Waals surface area contributed by atoms with E-state index >= 15 is 0 Å². The quantitative estimate of drug-likeness (QED) is 0.0344. The standard InChI is InChI=1S/C59H114O6/c1-7-54(5)46-40-34-28-21-17-15-13-11-9-10-12-14-16-18-23-30-36-42-48-57(60)63-51-56(65-59(62)50-44-38-32-26-25-27-33-39-45-53(3)4)52-64-58(61)49-43-37-31-24-20-19-22-29-35-41-47-55(6)8-2/h53-56H,7-52H2,1-6H3/t54?,55?,56-/m0/s1. The number of carbonyl (C=O) groups excluding carboxylic acids is 3. The highest BCUT2D eigenvalue weighted by molar-refractivity contribution is 5.71. The van der Waals surface area contributed by atoms with Crippen molar-refractivity contribution in [3.05, 3.63) is 0 Å². The molecular formula is C59H114O6. The van der Waals surface area contributed by atoms with Crippen molar-refractivity contribution in [3.63, 3.8) is 0 Å². The van der Waals surface area contributed by atoms with Gasteiger partial charge >= 0.3 is 17.9 Å². The van der Waals surface area contributed by atoms with Crippen molar-refractivity contribution in [2.24, 2.45) is 17.8 Å². The molecule has 0 aliphatic heterocycles. The van der Waals surface area contributed by atoms with Gasteiger partial charge in [-0.3, -0.25) is 14.4 Å². The lowest BCUT2D eigenvalue weighted by atomic mass is 9.99. The topological polar surface area (TPSA) is 78.9 Å². The average molecular weight is 920 g/mol. The second kappa shape index (κ2) is 50.3. The summed E-state index contributed by atoms with van der Waals surface area (Å²) in [5.74, 6) is 1.73. The predicted octanol–water partition coefficient (Wildman–Crippen LogP) is 19.1. The Morgan fingerprint density at radius 2 is 0.538 bits per heavy atom. The molecule has 0 heterocycles. The van der Waals surface area contributed by atoms with Gasteiger partial charge in [0.25, 0.3) is 0 Å². The summed E-state index contributed by atoms with van der Waals surface area (Å²) in [5, 5.41) is 0. The predicted molar refractivity (Wildman–Crippen MR) is 279 cm³/mol. The largest absolute Gasteiger partial charge is 0.462 e. The fraction of sp³-hybridized carbons (Fsp3) is 0.949. The van der Waals surface area contributed by atoms with Crippen LogP contribution in [0.4, 0.5) is 0 Å². The molecule has 386 valence electrons. The number of rotatable bonds is 52. The Morgan fingerprint density at radius 1 is 0.308 bits per heavy atom. The molecule has 2 unspecified atom stereocenters. The molecule has 0 saturated heterocycles. The maximum Gasteiger partial charge on any atom is 0.306 e. The molecule has 0 aromatic heterocycles. The lowest BCUT2D eigenvalue weighted by molar-refractivity contribution is -0.167. The fourth-order valence-corrected chi connectivity index (χ4v) is 8.93. The molecule has 0 saturated carbocycles. The van der Waals surface area contributed by atoms with Crippen LogP contribution in [0, 0.1) is 17.8 Å². The van der Waals surface area contributed by atoms with Crippen LogP contribution < -0.4 is 0 Å². The molecule has 0 radical (unpaired) electrons. The van der Waals surface area contributed by atoms with Crippen LogP contribution >= 0.6 is 0 Å². The Bertz CT molecular complexity index is 1010. The third-order valence-corrected chi connectivity index (χ3v) is 14.1. The molecule has 0 aromatic carbocycles. The molecule has 0 aliphatic carbocycles. The number of esters is 3. The minimum absolute atomic E-state index is 0.0642. The minimum Gasteiger partial charge on any atom is -0.462 e. The van der Waals surface area contributed by atoms with Crippen LogP contribution in [0.3, 0.4) is 0 Å². The maximum absolute atomic E-state index is 12.8. The van der Waals surface area contributed by atoms with E-state index in [2.05, 4.69) is 41.5 Å². The zero-order valence-corrected chi connectivity index (χ0v) is 44.8. The van der Waals surface area contributed by atoms with Gasteiger partial charge in [0.2, 0.25) is 0 Å². The molecule has 3 atom stereocenters. The van der Waals surface area contributed by atoms with E-state index in [1.165, 1.54) is 205 Å². The van der Waals surface area contributed by atoms with Crippen molar-refractivity contribution in [2.75, 3.05) is 13.2 Å². The Morgan fingerprint density at radius 3 is 0.800 bits per heavy atom. The van der Waals surface area contributed by atoms with Crippen molar-refractivity contribution >= 4 is 17.9 Å². The molecule has 0 fully saturated rings. The number of hydrogen-bond donors (Lipinski definition) is 0. The average Bonchev–Trinajstić information content (AvgIpc) is 3.29. The lowest BCUT2D eigenvalue weighted by Gasteiger charge is -2.18. The van der Waals surface area contributed by atoms with Crippen LogP contribution in [0.15, 0.2) is 0 Å². The highest BCUT2D eigenvalue weighted by atomic mass is 16.6. The van der Waals surface area contributed by atoms with E-state index < -0.39 is 6.10 Å². The van der Waals surface area contributed by atoms with Gasteiger partial charge in [-0.25, -0.2) is 0 Å². The van der Waals surface area contributed by atoms with E-state index in [1.807, 2.05) is 0 Å². The molecule has 0 aromatic rings. The third kappa shape index (κ3) is 50.1. The molecule has 0 bridgehead atoms. The minimum atomic E-state index is -0.764. The van der Waals surface area contributed by atoms with Gasteiger partial charge in [-0.2, -0.15) is 0 Å². The highest BCUT2D eigenvalue weighted by Gasteiger charge is 2.19. The van der Waals surface area contributed by atoms with Crippen LogP contribution in [0.2, 0.25) is 0 Å². The monoisotopic (exact) mass is 919 g/mol. The molecular weight excluding hydrogens is 805 g/mol. The Kier molecular flexibility index (Phi) is 49.1. The lowest BCUT2D eigenvalue weighted by Crippen LogP contribution is -2.30. The molecule has 0 aliphatic rings. The number of hydrogen-bond acceptors (Lipinski definition) is 6. The summed E-state index contributed by atoms with van der Waals surface area (Å²) in [6, 6.07) is 0. The second-order valence-corrected chi connectivity index (χ2v) is 21.2. The van der Waals surface area contributed by atoms with Crippen molar-refractivity contribution < 1.29 is 28.6 Å². The first-order chi connectivity index (χ1) is 31.7. The molecule has 0 rings (SSSR count). The number of unbranched alkanes of at least 4 members (excludes halogenated alkanes) is 33. The summed E-state index contributed by atoms with van der Waals surface area (Å²) in [6.07, 6.45) is 52.4. The third-order valence-electron chi connectivity index (χ3n) is 14.1. The van der Waals surface area contributed by atoms with Crippen LogP contribution in [0.5, 0.6) is 0 Å². The van der Waals surface area contributed by atoms with Crippen LogP contribution in [0.25, 0.3) is 0 Å². The van der Waals surface area contributed by atoms with Gasteiger partial charge in [-0.1, -0.05) is 286 Å². The first-order valence-electron chi connectivity index (χ1n) is 29.2. The fourth-order valence-electron chi connectivity index (χ4n) is 8.93. The van der Waals surface area contributed by atoms with Crippen molar-refractivity contribution in [2.45, 2.75) is 330 Å². The Hall–Kier alpha value is -1.59. The zero-order chi connectivity index (χ0) is 47.7. The van der Waals surface area contributed by atoms with Crippen LogP contribution in [-0.4, -0.2) is 37.2 Å². The van der Waals surface area contributed by atoms with Crippen LogP contribution in [0.1, 0.15) is 324 Å². The van der Waals surface area contributed by atoms with Gasteiger partial charge in [0, 0.05) is 19.3 Å². The molecule has 0 amide bonds. The van der Waals surface area contributed by atoms with Crippen molar-refractivity contribution in [1.29, 1.82) is 0 Å². The van der Waals surface area contributed by atoms with Crippen LogP contribution in [-0.2, 0) is 28.6 Å². The molecule has 0 spiro atoms. The van der Waals surface area contributed by atoms with Gasteiger partial charge in [0.1, 0.15) is 13.2 Å². The normalized spacial score (nSPS) is 13.0. The Balaban J connectivity index is 4.21. The molecule has 6 nitrogen and oxygen atoms in total. The summed E-state index contributed by atoms with van der Waals surface area (Å²) in [6.45, 7) is 13.8. The first kappa shape index (κ1) is 63.4. The van der Waals surface area contributed by atoms with Gasteiger partial charge in [-0.15, -0.1) is 0 Å². The van der Waals surface area contributed by atoms with E-state index in [0.717, 1.165) is 75.5 Å². The van der Waals surface area contributed by atoms with Crippen molar-refractivity contribution in [3.8, 4) is 0 Å². The van der Waals surface area contributed by atoms with E-state index in [-0.39, 0.29) is 31.1 Å². The van der Waals surface area contributed by atoms with E-state index in [9.17, 15) is 14.4 Å². The second-order valence-electron chi connectivity index (χ2n) is 21.2. The van der Waals surface area contributed by atoms with Gasteiger partial charge in [-0.05, 0) is 37.0 Å². The molecule has 65 heavy (non-hydrogen) atoms. The van der Waals surface area contributed by atoms with Gasteiger partial charge < -0.3 is 14.2 Å². The Labute approximate surface area is 406 Å². The summed E-state index contributed by atoms with van der Waals surface area (Å²) in [7, 11) is 0. The summed E-state index contributed by atoms with van der Waals surface area (Å²) >= 11 is 0.